The minimum atomic E-state index is 0.170. The lowest BCUT2D eigenvalue weighted by atomic mass is 9.78. The summed E-state index contributed by atoms with van der Waals surface area (Å²) in [6.07, 6.45) is 11.5. The molecule has 0 radical (unpaired) electrons. The summed E-state index contributed by atoms with van der Waals surface area (Å²) in [5.74, 6) is 1.91. The monoisotopic (exact) mass is 568 g/mol. The van der Waals surface area contributed by atoms with Gasteiger partial charge in [-0.25, -0.2) is 24.9 Å². The van der Waals surface area contributed by atoms with Crippen molar-refractivity contribution >= 4 is 22.2 Å². The maximum absolute atomic E-state index is 6.48. The summed E-state index contributed by atoms with van der Waals surface area (Å²) in [7, 11) is 0. The van der Waals surface area contributed by atoms with Crippen molar-refractivity contribution in [3.8, 4) is 28.5 Å². The fourth-order valence-electron chi connectivity index (χ4n) is 6.56. The zero-order valence-corrected chi connectivity index (χ0v) is 23.8. The lowest BCUT2D eigenvalue weighted by Gasteiger charge is -2.45. The maximum atomic E-state index is 6.48. The van der Waals surface area contributed by atoms with Crippen LogP contribution in [0.25, 0.3) is 38.9 Å². The van der Waals surface area contributed by atoms with E-state index in [1.165, 1.54) is 0 Å². The highest BCUT2D eigenvalue weighted by Crippen LogP contribution is 2.42. The topological polar surface area (TPSA) is 107 Å². The van der Waals surface area contributed by atoms with Gasteiger partial charge in [0.15, 0.2) is 0 Å². The third kappa shape index (κ3) is 4.85. The molecule has 9 nitrogen and oxygen atoms in total. The summed E-state index contributed by atoms with van der Waals surface area (Å²) in [6.45, 7) is 2.04. The van der Waals surface area contributed by atoms with Crippen LogP contribution in [0.5, 0.6) is 6.01 Å². The van der Waals surface area contributed by atoms with Crippen LogP contribution in [-0.4, -0.2) is 59.5 Å². The van der Waals surface area contributed by atoms with Gasteiger partial charge in [-0.2, -0.15) is 0 Å². The van der Waals surface area contributed by atoms with E-state index in [4.69, 9.17) is 20.4 Å². The van der Waals surface area contributed by atoms with Crippen molar-refractivity contribution in [3.63, 3.8) is 0 Å². The molecular formula is C34H32N8O. The standard InChI is InChI=1S/C34H32N8O/c35-32-31-30(24-8-7-23-9-10-28(39-29(23)21-24)22-5-2-1-3-6-22)40-33(42(31)18-15-36-32)25-19-26(20-25)41-16-11-27(12-17-41)43-34-37-13-4-14-38-34/h1-10,13-15,18,21,25-27H,11-12,16-17,19-20H2,(H2,35,36)/t25-,26+. The van der Waals surface area contributed by atoms with E-state index in [0.29, 0.717) is 23.8 Å². The van der Waals surface area contributed by atoms with E-state index >= 15 is 0 Å². The Bertz CT molecular complexity index is 1890. The molecule has 8 rings (SSSR count). The first-order valence-electron chi connectivity index (χ1n) is 15.0. The third-order valence-corrected chi connectivity index (χ3v) is 8.93. The molecule has 5 heterocycles. The number of benzene rings is 2. The van der Waals surface area contributed by atoms with Crippen LogP contribution in [-0.2, 0) is 0 Å². The Balaban J connectivity index is 1.03. The van der Waals surface area contributed by atoms with Crippen molar-refractivity contribution in [2.45, 2.75) is 43.7 Å². The average Bonchev–Trinajstić information content (AvgIpc) is 3.42. The molecule has 1 saturated heterocycles. The van der Waals surface area contributed by atoms with E-state index in [9.17, 15) is 0 Å². The number of ether oxygens (including phenoxy) is 1. The van der Waals surface area contributed by atoms with E-state index in [2.05, 4.69) is 66.7 Å². The molecule has 214 valence electrons. The molecule has 2 N–H and O–H groups in total. The third-order valence-electron chi connectivity index (χ3n) is 8.93. The second kappa shape index (κ2) is 10.7. The van der Waals surface area contributed by atoms with Gasteiger partial charge in [-0.05, 0) is 43.9 Å². The van der Waals surface area contributed by atoms with Crippen LogP contribution in [0.3, 0.4) is 0 Å². The second-order valence-electron chi connectivity index (χ2n) is 11.5. The Morgan fingerprint density at radius 2 is 1.58 bits per heavy atom. The number of hydrogen-bond acceptors (Lipinski definition) is 8. The Labute approximate surface area is 249 Å². The summed E-state index contributed by atoms with van der Waals surface area (Å²) >= 11 is 0. The number of nitrogen functional groups attached to an aromatic ring is 1. The molecule has 2 aromatic carbocycles. The van der Waals surface area contributed by atoms with Crippen LogP contribution >= 0.6 is 0 Å². The number of nitrogens with zero attached hydrogens (tertiary/aromatic N) is 7. The van der Waals surface area contributed by atoms with Crippen LogP contribution in [0.4, 0.5) is 5.82 Å². The predicted molar refractivity (Wildman–Crippen MR) is 167 cm³/mol. The molecule has 0 amide bonds. The highest BCUT2D eigenvalue weighted by Gasteiger charge is 2.39. The fraction of sp³-hybridized carbons (Fsp3) is 0.265. The SMILES string of the molecule is Nc1nccn2c1c(-c1ccc3ccc(-c4ccccc4)nc3c1)nc2[C@H]1C[C@@H](N2CCC(Oc3ncccn3)CC2)C1. The normalized spacial score (nSPS) is 19.4. The zero-order valence-electron chi connectivity index (χ0n) is 23.8. The molecule has 2 aliphatic rings. The van der Waals surface area contributed by atoms with Crippen molar-refractivity contribution in [1.82, 2.24) is 34.2 Å². The number of pyridine rings is 1. The molecule has 2 fully saturated rings. The van der Waals surface area contributed by atoms with Gasteiger partial charge < -0.3 is 15.4 Å². The summed E-state index contributed by atoms with van der Waals surface area (Å²) in [5.41, 5.74) is 12.2. The van der Waals surface area contributed by atoms with Crippen LogP contribution < -0.4 is 10.5 Å². The smallest absolute Gasteiger partial charge is 0.316 e. The molecule has 43 heavy (non-hydrogen) atoms. The highest BCUT2D eigenvalue weighted by atomic mass is 16.5. The van der Waals surface area contributed by atoms with Gasteiger partial charge >= 0.3 is 6.01 Å². The minimum absolute atomic E-state index is 0.170. The molecule has 0 spiro atoms. The molecule has 1 aliphatic carbocycles. The summed E-state index contributed by atoms with van der Waals surface area (Å²) in [6, 6.07) is 23.6. The van der Waals surface area contributed by atoms with Crippen molar-refractivity contribution in [2.24, 2.45) is 0 Å². The lowest BCUT2D eigenvalue weighted by Crippen LogP contribution is -2.49. The van der Waals surface area contributed by atoms with E-state index in [1.807, 2.05) is 24.4 Å². The van der Waals surface area contributed by atoms with E-state index < -0.39 is 0 Å². The quantitative estimate of drug-likeness (QED) is 0.270. The largest absolute Gasteiger partial charge is 0.460 e. The molecule has 4 aromatic heterocycles. The molecule has 0 unspecified atom stereocenters. The van der Waals surface area contributed by atoms with Crippen molar-refractivity contribution in [2.75, 3.05) is 18.8 Å². The Morgan fingerprint density at radius 3 is 2.40 bits per heavy atom. The molecule has 9 heteroatoms. The summed E-state index contributed by atoms with van der Waals surface area (Å²) in [5, 5.41) is 1.09. The van der Waals surface area contributed by atoms with Crippen LogP contribution in [0.15, 0.2) is 91.5 Å². The first-order valence-corrected chi connectivity index (χ1v) is 15.0. The highest BCUT2D eigenvalue weighted by molar-refractivity contribution is 5.91. The van der Waals surface area contributed by atoms with Gasteiger partial charge in [-0.15, -0.1) is 0 Å². The molecule has 0 bridgehead atoms. The molecule has 0 atom stereocenters. The molecule has 1 saturated carbocycles. The number of hydrogen-bond donors (Lipinski definition) is 1. The predicted octanol–water partition coefficient (Wildman–Crippen LogP) is 5.77. The van der Waals surface area contributed by atoms with Gasteiger partial charge in [-0.3, -0.25) is 4.40 Å². The average molecular weight is 569 g/mol. The van der Waals surface area contributed by atoms with Gasteiger partial charge in [0, 0.05) is 66.3 Å². The number of rotatable bonds is 6. The zero-order chi connectivity index (χ0) is 28.8. The van der Waals surface area contributed by atoms with Gasteiger partial charge in [0.25, 0.3) is 0 Å². The summed E-state index contributed by atoms with van der Waals surface area (Å²) in [4.78, 5) is 25.7. The van der Waals surface area contributed by atoms with Crippen LogP contribution in [0.1, 0.15) is 37.4 Å². The maximum Gasteiger partial charge on any atom is 0.316 e. The minimum Gasteiger partial charge on any atom is -0.460 e. The number of aromatic nitrogens is 6. The Hall–Kier alpha value is -4.89. The number of piperidine rings is 1. The second-order valence-corrected chi connectivity index (χ2v) is 11.5. The van der Waals surface area contributed by atoms with Crippen molar-refractivity contribution in [3.05, 3.63) is 97.3 Å². The lowest BCUT2D eigenvalue weighted by molar-refractivity contribution is 0.0364. The fourth-order valence-corrected chi connectivity index (χ4v) is 6.56. The number of imidazole rings is 1. The number of likely N-dealkylation sites (tertiary alicyclic amines) is 1. The Kier molecular flexibility index (Phi) is 6.44. The van der Waals surface area contributed by atoms with Gasteiger partial charge in [0.05, 0.1) is 11.2 Å². The number of nitrogens with two attached hydrogens (primary N) is 1. The Morgan fingerprint density at radius 1 is 0.791 bits per heavy atom. The van der Waals surface area contributed by atoms with E-state index in [-0.39, 0.29) is 6.10 Å². The number of fused-ring (bicyclic) bond motifs is 2. The van der Waals surface area contributed by atoms with Gasteiger partial charge in [0.2, 0.25) is 0 Å². The van der Waals surface area contributed by atoms with Crippen LogP contribution in [0, 0.1) is 0 Å². The van der Waals surface area contributed by atoms with E-state index in [0.717, 1.165) is 83.5 Å². The van der Waals surface area contributed by atoms with Crippen molar-refractivity contribution < 1.29 is 4.74 Å². The summed E-state index contributed by atoms with van der Waals surface area (Å²) < 4.78 is 8.15. The molecular weight excluding hydrogens is 536 g/mol. The first-order chi connectivity index (χ1) is 21.2. The van der Waals surface area contributed by atoms with Gasteiger partial charge in [0.1, 0.15) is 29.0 Å². The van der Waals surface area contributed by atoms with Crippen LogP contribution in [0.2, 0.25) is 0 Å². The number of anilines is 1. The van der Waals surface area contributed by atoms with E-state index in [1.54, 1.807) is 24.7 Å². The van der Waals surface area contributed by atoms with Gasteiger partial charge in [-0.1, -0.05) is 48.5 Å². The van der Waals surface area contributed by atoms with Crippen molar-refractivity contribution in [1.29, 1.82) is 0 Å². The first kappa shape index (κ1) is 25.8. The molecule has 1 aliphatic heterocycles. The molecule has 6 aromatic rings.